The van der Waals surface area contributed by atoms with Crippen LogP contribution in [0.4, 0.5) is 0 Å². The van der Waals surface area contributed by atoms with Crippen molar-refractivity contribution in [1.82, 2.24) is 10.2 Å². The Hall–Kier alpha value is -1.10. The van der Waals surface area contributed by atoms with Crippen molar-refractivity contribution >= 4 is 39.7 Å². The van der Waals surface area contributed by atoms with Gasteiger partial charge >= 0.3 is 0 Å². The maximum Gasteiger partial charge on any atom is 0.253 e. The summed E-state index contributed by atoms with van der Waals surface area (Å²) in [4.78, 5) is 13.9. The predicted octanol–water partition coefficient (Wildman–Crippen LogP) is 2.61. The van der Waals surface area contributed by atoms with E-state index in [1.807, 2.05) is 43.7 Å². The maximum atomic E-state index is 12.1. The van der Waals surface area contributed by atoms with Crippen molar-refractivity contribution in [2.75, 3.05) is 27.2 Å². The molecule has 98 valence electrons. The van der Waals surface area contributed by atoms with Gasteiger partial charge in [0.05, 0.1) is 0 Å². The Kier molecular flexibility index (Phi) is 5.59. The van der Waals surface area contributed by atoms with E-state index in [2.05, 4.69) is 5.32 Å². The number of nitrogens with zero attached hydrogens (tertiary/aromatic N) is 1. The fraction of sp³-hybridized carbons (Fsp3) is 0.308. The highest BCUT2D eigenvalue weighted by Crippen LogP contribution is 2.22. The van der Waals surface area contributed by atoms with Crippen molar-refractivity contribution in [1.29, 1.82) is 0 Å². The van der Waals surface area contributed by atoms with Crippen LogP contribution in [0.5, 0.6) is 0 Å². The van der Waals surface area contributed by atoms with Gasteiger partial charge in [0.15, 0.2) is 0 Å². The van der Waals surface area contributed by atoms with Gasteiger partial charge in [0.2, 0.25) is 0 Å². The van der Waals surface area contributed by atoms with Crippen LogP contribution in [-0.4, -0.2) is 38.0 Å². The molecule has 2 aromatic rings. The minimum Gasteiger partial charge on any atom is -0.340 e. The number of hydrogen-bond donors (Lipinski definition) is 1. The normalized spacial score (nSPS) is 10.1. The summed E-state index contributed by atoms with van der Waals surface area (Å²) in [6.45, 7) is 1.53. The van der Waals surface area contributed by atoms with Crippen LogP contribution in [0.25, 0.3) is 10.1 Å². The predicted molar refractivity (Wildman–Crippen MR) is 80.0 cm³/mol. The summed E-state index contributed by atoms with van der Waals surface area (Å²) in [7, 11) is 3.72. The van der Waals surface area contributed by atoms with Crippen molar-refractivity contribution in [2.45, 2.75) is 0 Å². The standard InChI is InChI=1S/C13H16N2OS.ClH/c1-14-6-7-15(2)13(16)11-3-4-12-10(9-11)5-8-17-12;/h3-5,8-9,14H,6-7H2,1-2H3;1H. The van der Waals surface area contributed by atoms with Gasteiger partial charge in [-0.3, -0.25) is 4.79 Å². The largest absolute Gasteiger partial charge is 0.340 e. The van der Waals surface area contributed by atoms with Crippen LogP contribution in [0.1, 0.15) is 10.4 Å². The van der Waals surface area contributed by atoms with Crippen LogP contribution >= 0.6 is 23.7 Å². The number of likely N-dealkylation sites (N-methyl/N-ethyl adjacent to an activating group) is 2. The lowest BCUT2D eigenvalue weighted by molar-refractivity contribution is 0.0797. The summed E-state index contributed by atoms with van der Waals surface area (Å²) in [6.07, 6.45) is 0. The van der Waals surface area contributed by atoms with Crippen LogP contribution in [0.2, 0.25) is 0 Å². The third-order valence-electron chi connectivity index (χ3n) is 2.74. The number of halogens is 1. The molecule has 1 aromatic heterocycles. The topological polar surface area (TPSA) is 32.3 Å². The van der Waals surface area contributed by atoms with Crippen LogP contribution in [-0.2, 0) is 0 Å². The van der Waals surface area contributed by atoms with E-state index in [0.29, 0.717) is 0 Å². The second kappa shape index (κ2) is 6.73. The lowest BCUT2D eigenvalue weighted by Crippen LogP contribution is -2.32. The molecule has 1 aromatic carbocycles. The number of rotatable bonds is 4. The highest BCUT2D eigenvalue weighted by atomic mass is 35.5. The van der Waals surface area contributed by atoms with Crippen molar-refractivity contribution in [2.24, 2.45) is 0 Å². The Morgan fingerprint density at radius 3 is 2.89 bits per heavy atom. The second-order valence-electron chi connectivity index (χ2n) is 4.00. The van der Waals surface area contributed by atoms with E-state index in [9.17, 15) is 4.79 Å². The van der Waals surface area contributed by atoms with Gasteiger partial charge in [-0.15, -0.1) is 23.7 Å². The molecule has 3 nitrogen and oxygen atoms in total. The first-order valence-corrected chi connectivity index (χ1v) is 6.47. The number of fused-ring (bicyclic) bond motifs is 1. The highest BCUT2D eigenvalue weighted by Gasteiger charge is 2.11. The molecule has 1 amide bonds. The van der Waals surface area contributed by atoms with Crippen LogP contribution in [0, 0.1) is 0 Å². The van der Waals surface area contributed by atoms with E-state index in [1.54, 1.807) is 16.2 Å². The zero-order chi connectivity index (χ0) is 12.3. The molecule has 0 aliphatic carbocycles. The first kappa shape index (κ1) is 15.0. The van der Waals surface area contributed by atoms with E-state index < -0.39 is 0 Å². The molecular formula is C13H17ClN2OS. The summed E-state index contributed by atoms with van der Waals surface area (Å²) in [5.74, 6) is 0.0772. The first-order valence-electron chi connectivity index (χ1n) is 5.59. The lowest BCUT2D eigenvalue weighted by atomic mass is 10.1. The highest BCUT2D eigenvalue weighted by molar-refractivity contribution is 7.17. The van der Waals surface area contributed by atoms with Crippen molar-refractivity contribution < 1.29 is 4.79 Å². The van der Waals surface area contributed by atoms with Crippen molar-refractivity contribution in [3.63, 3.8) is 0 Å². The Morgan fingerprint density at radius 2 is 2.17 bits per heavy atom. The van der Waals surface area contributed by atoms with Crippen LogP contribution in [0.3, 0.4) is 0 Å². The fourth-order valence-electron chi connectivity index (χ4n) is 1.70. The average Bonchev–Trinajstić information content (AvgIpc) is 2.81. The molecule has 0 saturated carbocycles. The Bertz CT molecular complexity index is 526. The number of hydrogen-bond acceptors (Lipinski definition) is 3. The minimum atomic E-state index is 0. The SMILES string of the molecule is CNCCN(C)C(=O)c1ccc2sccc2c1.Cl. The van der Waals surface area contributed by atoms with Gasteiger partial charge in [-0.1, -0.05) is 0 Å². The third-order valence-corrected chi connectivity index (χ3v) is 3.64. The Labute approximate surface area is 117 Å². The van der Waals surface area contributed by atoms with E-state index in [4.69, 9.17) is 0 Å². The van der Waals surface area contributed by atoms with E-state index in [1.165, 1.54) is 4.70 Å². The molecule has 18 heavy (non-hydrogen) atoms. The Morgan fingerprint density at radius 1 is 1.39 bits per heavy atom. The molecule has 0 unspecified atom stereocenters. The molecule has 5 heteroatoms. The number of carbonyl (C=O) groups excluding carboxylic acids is 1. The van der Waals surface area contributed by atoms with E-state index in [0.717, 1.165) is 24.0 Å². The van der Waals surface area contributed by atoms with E-state index >= 15 is 0 Å². The maximum absolute atomic E-state index is 12.1. The molecule has 1 N–H and O–H groups in total. The zero-order valence-electron chi connectivity index (χ0n) is 10.5. The molecule has 2 rings (SSSR count). The fourth-order valence-corrected chi connectivity index (χ4v) is 2.47. The second-order valence-corrected chi connectivity index (χ2v) is 4.95. The van der Waals surface area contributed by atoms with Gasteiger partial charge in [0.25, 0.3) is 5.91 Å². The van der Waals surface area contributed by atoms with Crippen LogP contribution in [0.15, 0.2) is 29.6 Å². The quantitative estimate of drug-likeness (QED) is 0.936. The van der Waals surface area contributed by atoms with Crippen molar-refractivity contribution in [3.8, 4) is 0 Å². The molecular weight excluding hydrogens is 268 g/mol. The number of thiophene rings is 1. The number of carbonyl (C=O) groups is 1. The number of nitrogens with one attached hydrogen (secondary N) is 1. The van der Waals surface area contributed by atoms with Crippen LogP contribution < -0.4 is 5.32 Å². The van der Waals surface area contributed by atoms with Gasteiger partial charge in [-0.05, 0) is 42.1 Å². The number of amides is 1. The molecule has 1 heterocycles. The molecule has 0 bridgehead atoms. The number of benzene rings is 1. The molecule has 0 fully saturated rings. The molecule has 0 aliphatic rings. The van der Waals surface area contributed by atoms with Gasteiger partial charge in [0, 0.05) is 30.4 Å². The van der Waals surface area contributed by atoms with Gasteiger partial charge in [-0.2, -0.15) is 0 Å². The van der Waals surface area contributed by atoms with E-state index in [-0.39, 0.29) is 18.3 Å². The van der Waals surface area contributed by atoms with Gasteiger partial charge in [0.1, 0.15) is 0 Å². The average molecular weight is 285 g/mol. The summed E-state index contributed by atoms with van der Waals surface area (Å²) in [5.41, 5.74) is 0.759. The third kappa shape index (κ3) is 3.22. The smallest absolute Gasteiger partial charge is 0.253 e. The zero-order valence-corrected chi connectivity index (χ0v) is 12.1. The molecule has 0 radical (unpaired) electrons. The van der Waals surface area contributed by atoms with Crippen molar-refractivity contribution in [3.05, 3.63) is 35.2 Å². The lowest BCUT2D eigenvalue weighted by Gasteiger charge is -2.16. The molecule has 0 saturated heterocycles. The molecule has 0 atom stereocenters. The summed E-state index contributed by atoms with van der Waals surface area (Å²) in [6, 6.07) is 7.92. The monoisotopic (exact) mass is 284 g/mol. The summed E-state index contributed by atoms with van der Waals surface area (Å²) >= 11 is 1.70. The summed E-state index contributed by atoms with van der Waals surface area (Å²) in [5, 5.41) is 6.23. The molecule has 0 spiro atoms. The first-order chi connectivity index (χ1) is 8.22. The summed E-state index contributed by atoms with van der Waals surface area (Å²) < 4.78 is 1.22. The van der Waals surface area contributed by atoms with Gasteiger partial charge in [-0.25, -0.2) is 0 Å². The Balaban J connectivity index is 0.00000162. The molecule has 0 aliphatic heterocycles. The minimum absolute atomic E-state index is 0. The van der Waals surface area contributed by atoms with Gasteiger partial charge < -0.3 is 10.2 Å².